The minimum absolute atomic E-state index is 0.114. The summed E-state index contributed by atoms with van der Waals surface area (Å²) in [7, 11) is 0. The maximum atomic E-state index is 13.8. The van der Waals surface area contributed by atoms with Gasteiger partial charge in [-0.25, -0.2) is 0 Å². The predicted molar refractivity (Wildman–Crippen MR) is 133 cm³/mol. The lowest BCUT2D eigenvalue weighted by molar-refractivity contribution is -0.172. The summed E-state index contributed by atoms with van der Waals surface area (Å²) in [6, 6.07) is 11.8. The van der Waals surface area contributed by atoms with E-state index in [0.29, 0.717) is 20.4 Å². The summed E-state index contributed by atoms with van der Waals surface area (Å²) in [6.07, 6.45) is -3.63. The van der Waals surface area contributed by atoms with Gasteiger partial charge in [0.2, 0.25) is 5.43 Å². The van der Waals surface area contributed by atoms with Crippen LogP contribution in [0.5, 0.6) is 5.75 Å². The predicted octanol–water partition coefficient (Wildman–Crippen LogP) is 5.14. The van der Waals surface area contributed by atoms with Crippen molar-refractivity contribution in [1.29, 1.82) is 0 Å². The monoisotopic (exact) mass is 537 g/mol. The number of fused-ring (bicyclic) bond motifs is 2. The maximum Gasteiger partial charge on any atom is 0.408 e. The van der Waals surface area contributed by atoms with Crippen LogP contribution in [0.2, 0.25) is 5.02 Å². The summed E-state index contributed by atoms with van der Waals surface area (Å²) in [4.78, 5) is 26.8. The molecule has 11 heteroatoms. The van der Waals surface area contributed by atoms with Gasteiger partial charge in [-0.2, -0.15) is 13.2 Å². The molecule has 0 aliphatic carbocycles. The van der Waals surface area contributed by atoms with Gasteiger partial charge in [-0.15, -0.1) is 11.8 Å². The van der Waals surface area contributed by atoms with Crippen molar-refractivity contribution in [1.82, 2.24) is 9.58 Å². The first-order valence-electron chi connectivity index (χ1n) is 11.1. The Balaban J connectivity index is 1.77. The molecule has 36 heavy (non-hydrogen) atoms. The molecule has 0 unspecified atom stereocenters. The summed E-state index contributed by atoms with van der Waals surface area (Å²) < 4.78 is 42.2. The highest BCUT2D eigenvalue weighted by atomic mass is 35.5. The van der Waals surface area contributed by atoms with E-state index in [4.69, 9.17) is 17.4 Å². The molecule has 0 saturated heterocycles. The van der Waals surface area contributed by atoms with E-state index in [1.54, 1.807) is 17.8 Å². The van der Waals surface area contributed by atoms with Crippen LogP contribution in [-0.4, -0.2) is 39.4 Å². The molecule has 2 aromatic carbocycles. The van der Waals surface area contributed by atoms with Crippen LogP contribution in [0, 0.1) is 0 Å². The molecule has 2 atom stereocenters. The molecule has 0 saturated carbocycles. The van der Waals surface area contributed by atoms with Gasteiger partial charge in [0.1, 0.15) is 6.04 Å². The highest BCUT2D eigenvalue weighted by Gasteiger charge is 2.43. The van der Waals surface area contributed by atoms with Gasteiger partial charge in [0.25, 0.3) is 5.91 Å². The van der Waals surface area contributed by atoms with Crippen molar-refractivity contribution in [3.05, 3.63) is 92.4 Å². The second kappa shape index (κ2) is 10.1. The van der Waals surface area contributed by atoms with Crippen molar-refractivity contribution in [3.63, 3.8) is 0 Å². The van der Waals surface area contributed by atoms with E-state index < -0.39 is 35.0 Å². The lowest BCUT2D eigenvalue weighted by Gasteiger charge is -2.33. The number of nitrogens with two attached hydrogens (primary N) is 1. The number of nitrogens with zero attached hydrogens (tertiary/aromatic N) is 2. The van der Waals surface area contributed by atoms with Crippen molar-refractivity contribution in [2.24, 2.45) is 0 Å². The molecule has 1 aliphatic rings. The number of carbonyl (C=O) groups is 1. The Kier molecular flexibility index (Phi) is 7.28. The minimum atomic E-state index is -4.76. The van der Waals surface area contributed by atoms with Gasteiger partial charge < -0.3 is 15.8 Å². The zero-order chi connectivity index (χ0) is 26.2. The van der Waals surface area contributed by atoms with Crippen molar-refractivity contribution in [2.45, 2.75) is 42.1 Å². The topological polar surface area (TPSA) is 88.6 Å². The van der Waals surface area contributed by atoms with Crippen LogP contribution in [0.25, 0.3) is 0 Å². The maximum absolute atomic E-state index is 13.8. The van der Waals surface area contributed by atoms with Crippen LogP contribution in [-0.2, 0) is 5.75 Å². The summed E-state index contributed by atoms with van der Waals surface area (Å²) in [5.74, 6) is 3.76. The molecule has 4 rings (SSSR count). The number of hydrogen-bond acceptors (Lipinski definition) is 5. The van der Waals surface area contributed by atoms with E-state index >= 15 is 0 Å². The average Bonchev–Trinajstić information content (AvgIpc) is 2.99. The Morgan fingerprint density at radius 3 is 2.69 bits per heavy atom. The van der Waals surface area contributed by atoms with Crippen LogP contribution < -0.4 is 11.3 Å². The molecule has 0 radical (unpaired) electrons. The number of aromatic nitrogens is 1. The molecule has 3 N–H and O–H groups in total. The standard InChI is InChI=1S/C25H23ClF3N3O3S/c1-14(25(27,28)29)31(24(35)22-23(34)19(33)10-12-32(22)30)11-9-17-16-6-2-3-8-20(16)36-13-15-5-4-7-18(26)21(15)17/h2-8,10,12,14,17,34H,9,11,13,30H2,1H3/t14-,17+/m0/s1. The van der Waals surface area contributed by atoms with Gasteiger partial charge in [-0.05, 0) is 42.2 Å². The van der Waals surface area contributed by atoms with Crippen molar-refractivity contribution in [3.8, 4) is 5.75 Å². The Bertz CT molecular complexity index is 1360. The van der Waals surface area contributed by atoms with E-state index in [1.165, 1.54) is 0 Å². The number of hydrogen-bond donors (Lipinski definition) is 2. The Morgan fingerprint density at radius 2 is 1.97 bits per heavy atom. The number of thioether (sulfide) groups is 1. The van der Waals surface area contributed by atoms with Gasteiger partial charge >= 0.3 is 6.18 Å². The second-order valence-corrected chi connectivity index (χ2v) is 9.91. The van der Waals surface area contributed by atoms with Crippen molar-refractivity contribution in [2.75, 3.05) is 12.4 Å². The number of benzene rings is 2. The number of halogens is 4. The average molecular weight is 538 g/mol. The molecular formula is C25H23ClF3N3O3S. The SMILES string of the molecule is C[C@H](N(CC[C@@H]1c2ccccc2SCc2cccc(Cl)c21)C(=O)c1c(O)c(=O)ccn1N)C(F)(F)F. The Labute approximate surface area is 214 Å². The molecule has 0 fully saturated rings. The first-order chi connectivity index (χ1) is 17.0. The van der Waals surface area contributed by atoms with Crippen LogP contribution in [0.1, 0.15) is 46.4 Å². The third-order valence-electron chi connectivity index (χ3n) is 6.34. The van der Waals surface area contributed by atoms with Gasteiger partial charge in [-0.1, -0.05) is 41.9 Å². The normalized spacial score (nSPS) is 16.0. The molecule has 0 spiro atoms. The highest BCUT2D eigenvalue weighted by molar-refractivity contribution is 7.98. The van der Waals surface area contributed by atoms with E-state index in [9.17, 15) is 27.9 Å². The van der Waals surface area contributed by atoms with Gasteiger partial charge in [-0.3, -0.25) is 14.3 Å². The molecule has 190 valence electrons. The first kappa shape index (κ1) is 26.0. The number of aromatic hydroxyl groups is 1. The molecule has 1 aromatic heterocycles. The third-order valence-corrected chi connectivity index (χ3v) is 7.80. The molecule has 0 bridgehead atoms. The van der Waals surface area contributed by atoms with Gasteiger partial charge in [0.05, 0.1) is 0 Å². The summed E-state index contributed by atoms with van der Waals surface area (Å²) in [6.45, 7) is 0.519. The van der Waals surface area contributed by atoms with Crippen molar-refractivity contribution >= 4 is 29.3 Å². The number of alkyl halides is 3. The van der Waals surface area contributed by atoms with Crippen LogP contribution in [0.4, 0.5) is 13.2 Å². The molecule has 6 nitrogen and oxygen atoms in total. The summed E-state index contributed by atoms with van der Waals surface area (Å²) in [5.41, 5.74) is 1.04. The van der Waals surface area contributed by atoms with E-state index in [-0.39, 0.29) is 18.9 Å². The Hall–Kier alpha value is -3.11. The number of carbonyl (C=O) groups excluding carboxylic acids is 1. The fraction of sp³-hybridized carbons (Fsp3) is 0.280. The lowest BCUT2D eigenvalue weighted by atomic mass is 9.85. The first-order valence-corrected chi connectivity index (χ1v) is 12.4. The molecule has 1 aliphatic heterocycles. The summed E-state index contributed by atoms with van der Waals surface area (Å²) >= 11 is 8.20. The van der Waals surface area contributed by atoms with E-state index in [1.807, 2.05) is 36.4 Å². The molecule has 2 heterocycles. The lowest BCUT2D eigenvalue weighted by Crippen LogP contribution is -2.49. The third kappa shape index (κ3) is 4.92. The van der Waals surface area contributed by atoms with Crippen LogP contribution >= 0.6 is 23.4 Å². The molecule has 1 amide bonds. The van der Waals surface area contributed by atoms with Crippen LogP contribution in [0.15, 0.2) is 64.4 Å². The minimum Gasteiger partial charge on any atom is -0.502 e. The molecule has 3 aromatic rings. The number of nitrogen functional groups attached to an aromatic ring is 1. The fourth-order valence-electron chi connectivity index (χ4n) is 4.41. The number of amides is 1. The van der Waals surface area contributed by atoms with E-state index in [0.717, 1.165) is 40.8 Å². The highest BCUT2D eigenvalue weighted by Crippen LogP contribution is 2.45. The Morgan fingerprint density at radius 1 is 1.25 bits per heavy atom. The molecular weight excluding hydrogens is 515 g/mol. The summed E-state index contributed by atoms with van der Waals surface area (Å²) in [5, 5.41) is 10.7. The fourth-order valence-corrected chi connectivity index (χ4v) is 5.85. The van der Waals surface area contributed by atoms with Gasteiger partial charge in [0.15, 0.2) is 11.4 Å². The van der Waals surface area contributed by atoms with Crippen LogP contribution in [0.3, 0.4) is 0 Å². The quantitative estimate of drug-likeness (QED) is 0.440. The van der Waals surface area contributed by atoms with Crippen molar-refractivity contribution < 1.29 is 23.1 Å². The number of pyridine rings is 1. The smallest absolute Gasteiger partial charge is 0.408 e. The van der Waals surface area contributed by atoms with Gasteiger partial charge in [0, 0.05) is 40.4 Å². The second-order valence-electron chi connectivity index (χ2n) is 8.48. The zero-order valence-corrected chi connectivity index (χ0v) is 20.7. The zero-order valence-electron chi connectivity index (χ0n) is 19.1. The van der Waals surface area contributed by atoms with E-state index in [2.05, 4.69) is 0 Å². The number of rotatable bonds is 5. The largest absolute Gasteiger partial charge is 0.502 e.